The first-order chi connectivity index (χ1) is 15.0. The highest BCUT2D eigenvalue weighted by Gasteiger charge is 2.21. The number of imidazole rings is 1. The fourth-order valence-corrected chi connectivity index (χ4v) is 4.48. The molecule has 1 aromatic heterocycles. The summed E-state index contributed by atoms with van der Waals surface area (Å²) in [7, 11) is 0. The normalized spacial score (nSPS) is 13.8. The van der Waals surface area contributed by atoms with Crippen molar-refractivity contribution in [1.82, 2.24) is 14.9 Å². The first-order valence-electron chi connectivity index (χ1n) is 10.9. The lowest BCUT2D eigenvalue weighted by molar-refractivity contribution is 0.0746. The number of aryl methyl sites for hydroxylation is 4. The van der Waals surface area contributed by atoms with Gasteiger partial charge in [-0.25, -0.2) is 4.98 Å². The van der Waals surface area contributed by atoms with Gasteiger partial charge in [-0.05, 0) is 97.3 Å². The van der Waals surface area contributed by atoms with Crippen LogP contribution in [0.15, 0.2) is 54.6 Å². The Hall–Kier alpha value is -3.40. The van der Waals surface area contributed by atoms with Crippen molar-refractivity contribution in [3.63, 3.8) is 0 Å². The zero-order valence-corrected chi connectivity index (χ0v) is 18.3. The molecule has 4 aromatic rings. The van der Waals surface area contributed by atoms with Crippen LogP contribution in [0, 0.1) is 20.8 Å². The molecule has 0 atom stereocenters. The van der Waals surface area contributed by atoms with Crippen molar-refractivity contribution in [3.8, 4) is 11.1 Å². The molecule has 0 unspecified atom stereocenters. The molecule has 1 aliphatic heterocycles. The summed E-state index contributed by atoms with van der Waals surface area (Å²) < 4.78 is 0. The predicted molar refractivity (Wildman–Crippen MR) is 125 cm³/mol. The Kier molecular flexibility index (Phi) is 4.85. The number of amides is 1. The molecule has 0 spiro atoms. The van der Waals surface area contributed by atoms with E-state index in [0.29, 0.717) is 6.54 Å². The average Bonchev–Trinajstić information content (AvgIpc) is 3.00. The monoisotopic (exact) mass is 409 g/mol. The summed E-state index contributed by atoms with van der Waals surface area (Å²) in [5.41, 5.74) is 10.1. The van der Waals surface area contributed by atoms with Gasteiger partial charge in [-0.2, -0.15) is 0 Å². The van der Waals surface area contributed by atoms with Crippen LogP contribution in [0.4, 0.5) is 0 Å². The maximum absolute atomic E-state index is 13.2. The maximum Gasteiger partial charge on any atom is 0.254 e. The molecule has 5 rings (SSSR count). The highest BCUT2D eigenvalue weighted by atomic mass is 16.2. The van der Waals surface area contributed by atoms with Crippen LogP contribution in [0.5, 0.6) is 0 Å². The number of hydrogen-bond acceptors (Lipinski definition) is 2. The Morgan fingerprint density at radius 2 is 1.71 bits per heavy atom. The Labute approximate surface area is 182 Å². The number of aromatic nitrogens is 2. The van der Waals surface area contributed by atoms with Crippen molar-refractivity contribution in [2.45, 2.75) is 40.2 Å². The molecule has 1 aliphatic rings. The lowest BCUT2D eigenvalue weighted by Gasteiger charge is -2.22. The summed E-state index contributed by atoms with van der Waals surface area (Å²) in [5, 5.41) is 0. The average molecular weight is 410 g/mol. The highest BCUT2D eigenvalue weighted by molar-refractivity contribution is 5.94. The molecule has 2 heterocycles. The maximum atomic E-state index is 13.2. The van der Waals surface area contributed by atoms with Gasteiger partial charge in [-0.15, -0.1) is 0 Å². The van der Waals surface area contributed by atoms with Crippen molar-refractivity contribution in [1.29, 1.82) is 0 Å². The molecule has 0 fully saturated rings. The largest absolute Gasteiger partial charge is 0.342 e. The van der Waals surface area contributed by atoms with Gasteiger partial charge in [0.1, 0.15) is 5.82 Å². The third-order valence-electron chi connectivity index (χ3n) is 6.42. The zero-order valence-electron chi connectivity index (χ0n) is 18.3. The van der Waals surface area contributed by atoms with E-state index < -0.39 is 0 Å². The number of nitrogens with zero attached hydrogens (tertiary/aromatic N) is 2. The van der Waals surface area contributed by atoms with Crippen LogP contribution in [0.25, 0.3) is 22.2 Å². The molecule has 1 amide bonds. The third kappa shape index (κ3) is 3.74. The molecule has 4 nitrogen and oxygen atoms in total. The smallest absolute Gasteiger partial charge is 0.254 e. The van der Waals surface area contributed by atoms with Crippen molar-refractivity contribution < 1.29 is 4.79 Å². The molecule has 3 aromatic carbocycles. The summed E-state index contributed by atoms with van der Waals surface area (Å²) in [4.78, 5) is 23.1. The second-order valence-electron chi connectivity index (χ2n) is 8.67. The van der Waals surface area contributed by atoms with Gasteiger partial charge in [0.15, 0.2) is 0 Å². The van der Waals surface area contributed by atoms with E-state index in [-0.39, 0.29) is 5.91 Å². The Morgan fingerprint density at radius 1 is 0.903 bits per heavy atom. The van der Waals surface area contributed by atoms with E-state index in [4.69, 9.17) is 0 Å². The van der Waals surface area contributed by atoms with Crippen LogP contribution < -0.4 is 0 Å². The quantitative estimate of drug-likeness (QED) is 0.459. The van der Waals surface area contributed by atoms with Crippen molar-refractivity contribution >= 4 is 16.9 Å². The Balaban J connectivity index is 1.46. The highest BCUT2D eigenvalue weighted by Crippen LogP contribution is 2.28. The number of fused-ring (bicyclic) bond motifs is 2. The molecule has 0 saturated heterocycles. The van der Waals surface area contributed by atoms with Gasteiger partial charge in [-0.3, -0.25) is 4.79 Å². The number of carbonyl (C=O) groups is 1. The van der Waals surface area contributed by atoms with Gasteiger partial charge in [0.2, 0.25) is 0 Å². The third-order valence-corrected chi connectivity index (χ3v) is 6.42. The van der Waals surface area contributed by atoms with E-state index >= 15 is 0 Å². The summed E-state index contributed by atoms with van der Waals surface area (Å²) >= 11 is 0. The second kappa shape index (κ2) is 7.69. The van der Waals surface area contributed by atoms with Gasteiger partial charge in [0.05, 0.1) is 11.0 Å². The number of aromatic amines is 1. The predicted octanol–water partition coefficient (Wildman–Crippen LogP) is 5.74. The van der Waals surface area contributed by atoms with Gasteiger partial charge < -0.3 is 9.88 Å². The van der Waals surface area contributed by atoms with E-state index in [2.05, 4.69) is 60.2 Å². The molecular formula is C27H27N3O. The van der Waals surface area contributed by atoms with E-state index in [9.17, 15) is 4.79 Å². The van der Waals surface area contributed by atoms with Crippen molar-refractivity contribution in [2.24, 2.45) is 0 Å². The number of nitrogens with one attached hydrogen (secondary N) is 1. The second-order valence-corrected chi connectivity index (χ2v) is 8.67. The molecule has 1 N–H and O–H groups in total. The summed E-state index contributed by atoms with van der Waals surface area (Å²) in [5.74, 6) is 1.05. The molecule has 0 aliphatic carbocycles. The van der Waals surface area contributed by atoms with E-state index in [1.54, 1.807) is 0 Å². The lowest BCUT2D eigenvalue weighted by atomic mass is 9.97. The summed E-state index contributed by atoms with van der Waals surface area (Å²) in [6, 6.07) is 19.0. The number of carbonyl (C=O) groups excluding carboxylic acids is 1. The minimum Gasteiger partial charge on any atom is -0.342 e. The molecule has 31 heavy (non-hydrogen) atoms. The van der Waals surface area contributed by atoms with Gasteiger partial charge in [0, 0.05) is 18.7 Å². The molecule has 0 radical (unpaired) electrons. The minimum absolute atomic E-state index is 0.120. The SMILES string of the molecule is Cc1nc2cc(-c3ccc4c(c3)CN(C(=O)c3ccc(C)c(C)c3)CCC4)ccc2[nH]1. The van der Waals surface area contributed by atoms with E-state index in [1.165, 1.54) is 22.3 Å². The fraction of sp³-hybridized carbons (Fsp3) is 0.259. The standard InChI is InChI=1S/C27H27N3O/c1-17-6-7-23(13-18(17)2)27(31)30-12-4-5-20-8-9-21(14-24(20)16-30)22-10-11-25-26(15-22)29-19(3)28-25/h6-11,13-15H,4-5,12,16H2,1-3H3,(H,28,29). The molecule has 4 heteroatoms. The van der Waals surface area contributed by atoms with Gasteiger partial charge in [-0.1, -0.05) is 24.3 Å². The molecule has 0 bridgehead atoms. The van der Waals surface area contributed by atoms with Crippen LogP contribution in [0.3, 0.4) is 0 Å². The lowest BCUT2D eigenvalue weighted by Crippen LogP contribution is -2.30. The summed E-state index contributed by atoms with van der Waals surface area (Å²) in [6.45, 7) is 7.55. The van der Waals surface area contributed by atoms with Crippen molar-refractivity contribution in [2.75, 3.05) is 6.54 Å². The van der Waals surface area contributed by atoms with Crippen LogP contribution in [0.2, 0.25) is 0 Å². The number of rotatable bonds is 2. The number of hydrogen-bond donors (Lipinski definition) is 1. The van der Waals surface area contributed by atoms with Crippen LogP contribution in [-0.4, -0.2) is 27.3 Å². The van der Waals surface area contributed by atoms with Crippen LogP contribution in [-0.2, 0) is 13.0 Å². The summed E-state index contributed by atoms with van der Waals surface area (Å²) in [6.07, 6.45) is 1.99. The Morgan fingerprint density at radius 3 is 2.55 bits per heavy atom. The Bertz CT molecular complexity index is 1300. The van der Waals surface area contributed by atoms with E-state index in [1.807, 2.05) is 30.0 Å². The fourth-order valence-electron chi connectivity index (χ4n) is 4.48. The molecular weight excluding hydrogens is 382 g/mol. The van der Waals surface area contributed by atoms with Gasteiger partial charge in [0.25, 0.3) is 5.91 Å². The zero-order chi connectivity index (χ0) is 21.5. The van der Waals surface area contributed by atoms with Gasteiger partial charge >= 0.3 is 0 Å². The van der Waals surface area contributed by atoms with E-state index in [0.717, 1.165) is 52.9 Å². The van der Waals surface area contributed by atoms with Crippen LogP contribution >= 0.6 is 0 Å². The first kappa shape index (κ1) is 19.6. The first-order valence-corrected chi connectivity index (χ1v) is 10.9. The minimum atomic E-state index is 0.120. The van der Waals surface area contributed by atoms with Crippen LogP contribution in [0.1, 0.15) is 44.9 Å². The number of benzene rings is 3. The number of H-pyrrole nitrogens is 1. The topological polar surface area (TPSA) is 49.0 Å². The molecule has 156 valence electrons. The van der Waals surface area contributed by atoms with Crippen molar-refractivity contribution in [3.05, 3.63) is 88.2 Å². The molecule has 0 saturated carbocycles.